The molecule has 3 heteroatoms. The minimum Gasteiger partial charge on any atom is -0.393 e. The van der Waals surface area contributed by atoms with Crippen LogP contribution in [0.4, 0.5) is 4.39 Å². The molecule has 0 radical (unpaired) electrons. The van der Waals surface area contributed by atoms with E-state index in [2.05, 4.69) is 17.4 Å². The van der Waals surface area contributed by atoms with Crippen LogP contribution in [0, 0.1) is 5.82 Å². The van der Waals surface area contributed by atoms with Crippen LogP contribution < -0.4 is 5.32 Å². The molecule has 0 bridgehead atoms. The van der Waals surface area contributed by atoms with Crippen LogP contribution in [-0.2, 0) is 13.0 Å². The molecule has 1 unspecified atom stereocenters. The van der Waals surface area contributed by atoms with Crippen LogP contribution in [0.3, 0.4) is 0 Å². The van der Waals surface area contributed by atoms with Gasteiger partial charge in [0.25, 0.3) is 0 Å². The molecule has 0 fully saturated rings. The molecule has 2 nitrogen and oxygen atoms in total. The lowest BCUT2D eigenvalue weighted by Crippen LogP contribution is -2.21. The molecule has 2 aromatic rings. The van der Waals surface area contributed by atoms with Gasteiger partial charge in [0.1, 0.15) is 5.82 Å². The highest BCUT2D eigenvalue weighted by molar-refractivity contribution is 5.17. The molecular weight excluding hydrogens is 253 g/mol. The fourth-order valence-electron chi connectivity index (χ4n) is 2.09. The molecule has 0 saturated carbocycles. The number of aliphatic hydroxyl groups is 1. The summed E-state index contributed by atoms with van der Waals surface area (Å²) in [5.41, 5.74) is 2.20. The lowest BCUT2D eigenvalue weighted by atomic mass is 10.1. The third-order valence-corrected chi connectivity index (χ3v) is 3.21. The predicted molar refractivity (Wildman–Crippen MR) is 78.9 cm³/mol. The highest BCUT2D eigenvalue weighted by Crippen LogP contribution is 2.07. The van der Waals surface area contributed by atoms with Crippen molar-refractivity contribution in [1.29, 1.82) is 0 Å². The van der Waals surface area contributed by atoms with Crippen molar-refractivity contribution in [1.82, 2.24) is 5.32 Å². The second kappa shape index (κ2) is 7.78. The zero-order chi connectivity index (χ0) is 14.2. The molecule has 0 amide bonds. The number of halogens is 1. The second-order valence-electron chi connectivity index (χ2n) is 4.94. The second-order valence-corrected chi connectivity index (χ2v) is 4.94. The number of hydrogen-bond acceptors (Lipinski definition) is 2. The Balaban J connectivity index is 1.65. The fraction of sp³-hybridized carbons (Fsp3) is 0.294. The van der Waals surface area contributed by atoms with Gasteiger partial charge in [0.15, 0.2) is 0 Å². The first kappa shape index (κ1) is 14.7. The standard InChI is InChI=1S/C17H20FNO/c18-16-8-6-14(7-9-16)12-17(20)10-11-19-13-15-4-2-1-3-5-15/h1-9,17,19-20H,10-13H2. The van der Waals surface area contributed by atoms with E-state index in [4.69, 9.17) is 0 Å². The monoisotopic (exact) mass is 273 g/mol. The van der Waals surface area contributed by atoms with Crippen LogP contribution in [0.2, 0.25) is 0 Å². The van der Waals surface area contributed by atoms with Crippen molar-refractivity contribution in [3.8, 4) is 0 Å². The topological polar surface area (TPSA) is 32.3 Å². The molecule has 0 aliphatic carbocycles. The van der Waals surface area contributed by atoms with Crippen molar-refractivity contribution >= 4 is 0 Å². The van der Waals surface area contributed by atoms with Crippen molar-refractivity contribution in [2.75, 3.05) is 6.54 Å². The number of rotatable bonds is 7. The van der Waals surface area contributed by atoms with Crippen LogP contribution in [0.15, 0.2) is 54.6 Å². The van der Waals surface area contributed by atoms with Gasteiger partial charge in [-0.15, -0.1) is 0 Å². The number of aliphatic hydroxyl groups excluding tert-OH is 1. The van der Waals surface area contributed by atoms with Gasteiger partial charge in [-0.3, -0.25) is 0 Å². The quantitative estimate of drug-likeness (QED) is 0.760. The van der Waals surface area contributed by atoms with E-state index in [0.29, 0.717) is 12.8 Å². The van der Waals surface area contributed by atoms with Crippen molar-refractivity contribution in [3.05, 3.63) is 71.5 Å². The first-order valence-corrected chi connectivity index (χ1v) is 6.91. The van der Waals surface area contributed by atoms with Gasteiger partial charge >= 0.3 is 0 Å². The molecule has 1 atom stereocenters. The van der Waals surface area contributed by atoms with Crippen LogP contribution in [0.5, 0.6) is 0 Å². The molecule has 2 N–H and O–H groups in total. The molecule has 0 aromatic heterocycles. The summed E-state index contributed by atoms with van der Waals surface area (Å²) in [6, 6.07) is 16.5. The molecule has 20 heavy (non-hydrogen) atoms. The van der Waals surface area contributed by atoms with E-state index < -0.39 is 6.10 Å². The van der Waals surface area contributed by atoms with Crippen molar-refractivity contribution in [2.45, 2.75) is 25.5 Å². The first-order valence-electron chi connectivity index (χ1n) is 6.91. The van der Waals surface area contributed by atoms with Gasteiger partial charge in [-0.1, -0.05) is 42.5 Å². The molecule has 0 aliphatic rings. The summed E-state index contributed by atoms with van der Waals surface area (Å²) in [6.45, 7) is 1.57. The summed E-state index contributed by atoms with van der Waals surface area (Å²) in [6.07, 6.45) is 0.848. The maximum absolute atomic E-state index is 12.8. The lowest BCUT2D eigenvalue weighted by molar-refractivity contribution is 0.164. The number of benzene rings is 2. The zero-order valence-electron chi connectivity index (χ0n) is 11.4. The van der Waals surface area contributed by atoms with Crippen LogP contribution in [0.1, 0.15) is 17.5 Å². The summed E-state index contributed by atoms with van der Waals surface area (Å²) in [7, 11) is 0. The number of nitrogens with one attached hydrogen (secondary N) is 1. The fourth-order valence-corrected chi connectivity index (χ4v) is 2.09. The summed E-state index contributed by atoms with van der Waals surface area (Å²) < 4.78 is 12.8. The van der Waals surface area contributed by atoms with Crippen LogP contribution >= 0.6 is 0 Å². The Morgan fingerprint density at radius 2 is 1.65 bits per heavy atom. The van der Waals surface area contributed by atoms with E-state index in [1.165, 1.54) is 17.7 Å². The van der Waals surface area contributed by atoms with Gasteiger partial charge in [-0.05, 0) is 42.6 Å². The highest BCUT2D eigenvalue weighted by atomic mass is 19.1. The van der Waals surface area contributed by atoms with Gasteiger partial charge < -0.3 is 10.4 Å². The highest BCUT2D eigenvalue weighted by Gasteiger charge is 2.05. The van der Waals surface area contributed by atoms with E-state index in [9.17, 15) is 9.50 Å². The van der Waals surface area contributed by atoms with Crippen LogP contribution in [-0.4, -0.2) is 17.8 Å². The molecule has 0 spiro atoms. The minimum atomic E-state index is -0.399. The average molecular weight is 273 g/mol. The Labute approximate surface area is 119 Å². The third-order valence-electron chi connectivity index (χ3n) is 3.21. The molecular formula is C17H20FNO. The molecule has 2 aromatic carbocycles. The summed E-state index contributed by atoms with van der Waals surface area (Å²) in [4.78, 5) is 0. The minimum absolute atomic E-state index is 0.243. The average Bonchev–Trinajstić information content (AvgIpc) is 2.47. The van der Waals surface area contributed by atoms with Gasteiger partial charge in [0.2, 0.25) is 0 Å². The van der Waals surface area contributed by atoms with E-state index in [-0.39, 0.29) is 5.82 Å². The van der Waals surface area contributed by atoms with Gasteiger partial charge in [0, 0.05) is 6.54 Å². The third kappa shape index (κ3) is 5.11. The van der Waals surface area contributed by atoms with E-state index in [1.54, 1.807) is 12.1 Å². The smallest absolute Gasteiger partial charge is 0.123 e. The van der Waals surface area contributed by atoms with Crippen molar-refractivity contribution in [3.63, 3.8) is 0 Å². The van der Waals surface area contributed by atoms with Gasteiger partial charge in [0.05, 0.1) is 6.10 Å². The molecule has 0 heterocycles. The largest absolute Gasteiger partial charge is 0.393 e. The van der Waals surface area contributed by atoms with Gasteiger partial charge in [-0.2, -0.15) is 0 Å². The predicted octanol–water partition coefficient (Wildman–Crippen LogP) is 2.91. The van der Waals surface area contributed by atoms with E-state index in [0.717, 1.165) is 18.7 Å². The Hall–Kier alpha value is -1.71. The zero-order valence-corrected chi connectivity index (χ0v) is 11.4. The van der Waals surface area contributed by atoms with Crippen LogP contribution in [0.25, 0.3) is 0 Å². The summed E-state index contributed by atoms with van der Waals surface area (Å²) in [5.74, 6) is -0.243. The van der Waals surface area contributed by atoms with Gasteiger partial charge in [-0.25, -0.2) is 4.39 Å². The Bertz CT molecular complexity index is 498. The molecule has 106 valence electrons. The summed E-state index contributed by atoms with van der Waals surface area (Å²) >= 11 is 0. The Morgan fingerprint density at radius 1 is 0.950 bits per heavy atom. The van der Waals surface area contributed by atoms with E-state index in [1.807, 2.05) is 18.2 Å². The maximum Gasteiger partial charge on any atom is 0.123 e. The molecule has 0 aliphatic heterocycles. The summed E-state index contributed by atoms with van der Waals surface area (Å²) in [5, 5.41) is 13.2. The lowest BCUT2D eigenvalue weighted by Gasteiger charge is -2.11. The normalized spacial score (nSPS) is 12.3. The SMILES string of the molecule is OC(CCNCc1ccccc1)Cc1ccc(F)cc1. The Kier molecular flexibility index (Phi) is 5.71. The molecule has 0 saturated heterocycles. The maximum atomic E-state index is 12.8. The first-order chi connectivity index (χ1) is 9.74. The van der Waals surface area contributed by atoms with Crippen molar-refractivity contribution < 1.29 is 9.50 Å². The number of hydrogen-bond donors (Lipinski definition) is 2. The van der Waals surface area contributed by atoms with Crippen molar-refractivity contribution in [2.24, 2.45) is 0 Å². The molecule has 2 rings (SSSR count). The van der Waals surface area contributed by atoms with E-state index >= 15 is 0 Å². The Morgan fingerprint density at radius 3 is 2.35 bits per heavy atom.